The third kappa shape index (κ3) is 5.07. The van der Waals surface area contributed by atoms with Crippen LogP contribution < -0.4 is 10.9 Å². The number of thioether (sulfide) groups is 1. The van der Waals surface area contributed by atoms with Crippen LogP contribution in [0.15, 0.2) is 47.4 Å². The molecule has 2 N–H and O–H groups in total. The number of carbonyl (C=O) groups excluding carboxylic acids is 2. The van der Waals surface area contributed by atoms with E-state index in [9.17, 15) is 18.4 Å². The Balaban J connectivity index is 1.82. The van der Waals surface area contributed by atoms with Gasteiger partial charge in [0.15, 0.2) is 0 Å². The molecule has 0 fully saturated rings. The molecule has 120 valence electrons. The molecule has 0 radical (unpaired) electrons. The third-order valence-electron chi connectivity index (χ3n) is 2.88. The van der Waals surface area contributed by atoms with Crippen LogP contribution in [-0.4, -0.2) is 17.6 Å². The van der Waals surface area contributed by atoms with Crippen molar-refractivity contribution in [3.05, 3.63) is 65.2 Å². The van der Waals surface area contributed by atoms with Crippen LogP contribution in [0.4, 0.5) is 8.78 Å². The van der Waals surface area contributed by atoms with Gasteiger partial charge >= 0.3 is 0 Å². The fourth-order valence-electron chi connectivity index (χ4n) is 1.67. The van der Waals surface area contributed by atoms with Gasteiger partial charge in [0.25, 0.3) is 5.91 Å². The summed E-state index contributed by atoms with van der Waals surface area (Å²) in [6.45, 7) is 1.90. The highest BCUT2D eigenvalue weighted by Crippen LogP contribution is 2.22. The van der Waals surface area contributed by atoms with Gasteiger partial charge in [0, 0.05) is 10.5 Å². The Morgan fingerprint density at radius 3 is 2.43 bits per heavy atom. The van der Waals surface area contributed by atoms with Crippen molar-refractivity contribution in [2.75, 3.05) is 5.75 Å². The number of halogens is 2. The first-order chi connectivity index (χ1) is 11.0. The molecule has 0 aromatic heterocycles. The normalized spacial score (nSPS) is 10.2. The molecule has 23 heavy (non-hydrogen) atoms. The molecule has 4 nitrogen and oxygen atoms in total. The monoisotopic (exact) mass is 336 g/mol. The average Bonchev–Trinajstić information content (AvgIpc) is 2.54. The van der Waals surface area contributed by atoms with Crippen LogP contribution in [0.2, 0.25) is 0 Å². The lowest BCUT2D eigenvalue weighted by Crippen LogP contribution is -2.42. The second-order valence-electron chi connectivity index (χ2n) is 4.73. The second kappa shape index (κ2) is 7.73. The molecule has 2 aromatic rings. The summed E-state index contributed by atoms with van der Waals surface area (Å²) in [5.74, 6) is -2.33. The highest BCUT2D eigenvalue weighted by Gasteiger charge is 2.10. The lowest BCUT2D eigenvalue weighted by Gasteiger charge is -2.08. The molecule has 2 amide bonds. The van der Waals surface area contributed by atoms with Crippen molar-refractivity contribution in [3.8, 4) is 0 Å². The molecule has 2 rings (SSSR count). The van der Waals surface area contributed by atoms with E-state index < -0.39 is 23.4 Å². The van der Waals surface area contributed by atoms with Gasteiger partial charge in [-0.3, -0.25) is 20.4 Å². The topological polar surface area (TPSA) is 58.2 Å². The predicted octanol–water partition coefficient (Wildman–Crippen LogP) is 2.83. The van der Waals surface area contributed by atoms with Crippen molar-refractivity contribution in [3.63, 3.8) is 0 Å². The largest absolute Gasteiger partial charge is 0.272 e. The van der Waals surface area contributed by atoms with Gasteiger partial charge in [-0.15, -0.1) is 11.8 Å². The number of nitrogens with one attached hydrogen (secondary N) is 2. The SMILES string of the molecule is Cc1ccc(C(=O)NNC(=O)CSc2cc(F)ccc2F)cc1. The van der Waals surface area contributed by atoms with Crippen LogP contribution in [0, 0.1) is 18.6 Å². The highest BCUT2D eigenvalue weighted by molar-refractivity contribution is 8.00. The number of hydrazine groups is 1. The van der Waals surface area contributed by atoms with Crippen molar-refractivity contribution in [2.24, 2.45) is 0 Å². The molecule has 0 heterocycles. The third-order valence-corrected chi connectivity index (χ3v) is 3.91. The minimum Gasteiger partial charge on any atom is -0.272 e. The van der Waals surface area contributed by atoms with Crippen LogP contribution in [0.1, 0.15) is 15.9 Å². The summed E-state index contributed by atoms with van der Waals surface area (Å²) in [6, 6.07) is 9.83. The molecule has 7 heteroatoms. The summed E-state index contributed by atoms with van der Waals surface area (Å²) >= 11 is 0.840. The van der Waals surface area contributed by atoms with E-state index in [4.69, 9.17) is 0 Å². The lowest BCUT2D eigenvalue weighted by atomic mass is 10.1. The quantitative estimate of drug-likeness (QED) is 0.667. The molecule has 2 aromatic carbocycles. The van der Waals surface area contributed by atoms with Crippen LogP contribution in [0.5, 0.6) is 0 Å². The van der Waals surface area contributed by atoms with Gasteiger partial charge in [-0.1, -0.05) is 17.7 Å². The summed E-state index contributed by atoms with van der Waals surface area (Å²) in [5, 5.41) is 0. The summed E-state index contributed by atoms with van der Waals surface area (Å²) in [4.78, 5) is 23.5. The summed E-state index contributed by atoms with van der Waals surface area (Å²) in [6.07, 6.45) is 0. The molecular formula is C16H14F2N2O2S. The number of amides is 2. The van der Waals surface area contributed by atoms with Crippen molar-refractivity contribution in [1.29, 1.82) is 0 Å². The van der Waals surface area contributed by atoms with Crippen molar-refractivity contribution in [2.45, 2.75) is 11.8 Å². The zero-order valence-electron chi connectivity index (χ0n) is 12.2. The van der Waals surface area contributed by atoms with E-state index in [0.29, 0.717) is 5.56 Å². The molecule has 0 saturated carbocycles. The Morgan fingerprint density at radius 1 is 1.04 bits per heavy atom. The predicted molar refractivity (Wildman–Crippen MR) is 83.9 cm³/mol. The van der Waals surface area contributed by atoms with Gasteiger partial charge < -0.3 is 0 Å². The Kier molecular flexibility index (Phi) is 5.70. The number of rotatable bonds is 4. The van der Waals surface area contributed by atoms with Gasteiger partial charge in [0.1, 0.15) is 11.6 Å². The number of benzene rings is 2. The molecule has 0 aliphatic carbocycles. The highest BCUT2D eigenvalue weighted by atomic mass is 32.2. The maximum atomic E-state index is 13.4. The van der Waals surface area contributed by atoms with Crippen molar-refractivity contribution < 1.29 is 18.4 Å². The molecule has 0 bridgehead atoms. The summed E-state index contributed by atoms with van der Waals surface area (Å²) < 4.78 is 26.4. The standard InChI is InChI=1S/C16H14F2N2O2S/c1-10-2-4-11(5-3-10)16(22)20-19-15(21)9-23-14-8-12(17)6-7-13(14)18/h2-8H,9H2,1H3,(H,19,21)(H,20,22). The maximum Gasteiger partial charge on any atom is 0.269 e. The first kappa shape index (κ1) is 17.0. The zero-order chi connectivity index (χ0) is 16.8. The van der Waals surface area contributed by atoms with Crippen LogP contribution in [0.3, 0.4) is 0 Å². The van der Waals surface area contributed by atoms with Gasteiger partial charge in [0.05, 0.1) is 5.75 Å². The Bertz CT molecular complexity index is 721. The molecule has 0 aliphatic heterocycles. The van der Waals surface area contributed by atoms with Crippen LogP contribution >= 0.6 is 11.8 Å². The minimum atomic E-state index is -0.604. The summed E-state index contributed by atoms with van der Waals surface area (Å²) in [5.41, 5.74) is 5.90. The van der Waals surface area contributed by atoms with Gasteiger partial charge in [-0.25, -0.2) is 8.78 Å². The number of hydrogen-bond acceptors (Lipinski definition) is 3. The van der Waals surface area contributed by atoms with Gasteiger partial charge in [0.2, 0.25) is 5.91 Å². The second-order valence-corrected chi connectivity index (χ2v) is 5.75. The van der Waals surface area contributed by atoms with Crippen molar-refractivity contribution in [1.82, 2.24) is 10.9 Å². The van der Waals surface area contributed by atoms with E-state index in [2.05, 4.69) is 10.9 Å². The summed E-state index contributed by atoms with van der Waals surface area (Å²) in [7, 11) is 0. The number of aryl methyl sites for hydroxylation is 1. The molecule has 0 saturated heterocycles. The maximum absolute atomic E-state index is 13.4. The average molecular weight is 336 g/mol. The first-order valence-electron chi connectivity index (χ1n) is 6.69. The van der Waals surface area contributed by atoms with Crippen molar-refractivity contribution >= 4 is 23.6 Å². The first-order valence-corrected chi connectivity index (χ1v) is 7.68. The molecule has 0 aliphatic rings. The Morgan fingerprint density at radius 2 is 1.74 bits per heavy atom. The Hall–Kier alpha value is -2.41. The number of hydrogen-bond donors (Lipinski definition) is 2. The van der Waals surface area contributed by atoms with E-state index in [-0.39, 0.29) is 10.6 Å². The zero-order valence-corrected chi connectivity index (χ0v) is 13.0. The fraction of sp³-hybridized carbons (Fsp3) is 0.125. The van der Waals surface area contributed by atoms with E-state index in [1.807, 2.05) is 6.92 Å². The molecule has 0 unspecified atom stereocenters. The van der Waals surface area contributed by atoms with E-state index in [0.717, 1.165) is 35.5 Å². The smallest absolute Gasteiger partial charge is 0.269 e. The molecular weight excluding hydrogens is 322 g/mol. The van der Waals surface area contributed by atoms with E-state index in [1.165, 1.54) is 0 Å². The number of carbonyl (C=O) groups is 2. The lowest BCUT2D eigenvalue weighted by molar-refractivity contribution is -0.119. The van der Waals surface area contributed by atoms with Gasteiger partial charge in [-0.2, -0.15) is 0 Å². The van der Waals surface area contributed by atoms with E-state index in [1.54, 1.807) is 24.3 Å². The molecule has 0 spiro atoms. The minimum absolute atomic E-state index is 0.0324. The van der Waals surface area contributed by atoms with Crippen LogP contribution in [-0.2, 0) is 4.79 Å². The molecule has 0 atom stereocenters. The Labute approximate surface area is 136 Å². The van der Waals surface area contributed by atoms with Crippen LogP contribution in [0.25, 0.3) is 0 Å². The van der Waals surface area contributed by atoms with E-state index >= 15 is 0 Å². The fourth-order valence-corrected chi connectivity index (χ4v) is 2.43. The van der Waals surface area contributed by atoms with Gasteiger partial charge in [-0.05, 0) is 37.3 Å².